The van der Waals surface area contributed by atoms with Gasteiger partial charge in [0, 0.05) is 0 Å². The van der Waals surface area contributed by atoms with Crippen LogP contribution in [0.25, 0.3) is 12.2 Å². The van der Waals surface area contributed by atoms with Crippen molar-refractivity contribution in [2.45, 2.75) is 0 Å². The third-order valence-corrected chi connectivity index (χ3v) is 2.87. The third-order valence-electron chi connectivity index (χ3n) is 2.46. The van der Waals surface area contributed by atoms with Crippen LogP contribution in [-0.2, 0) is 10.4 Å². The van der Waals surface area contributed by atoms with Crippen molar-refractivity contribution in [2.24, 2.45) is 0 Å². The van der Waals surface area contributed by atoms with Gasteiger partial charge < -0.3 is 14.4 Å². The maximum absolute atomic E-state index is 11.2. The number of rotatable bonds is 4. The number of phenols is 1. The van der Waals surface area contributed by atoms with Crippen LogP contribution in [0.15, 0.2) is 42.5 Å². The number of benzene rings is 2. The molecule has 110 valence electrons. The Bertz CT molecular complexity index is 748. The van der Waals surface area contributed by atoms with Crippen molar-refractivity contribution >= 4 is 22.6 Å². The molecule has 0 radical (unpaired) electrons. The van der Waals surface area contributed by atoms with Gasteiger partial charge in [-0.05, 0) is 35.4 Å². The Balaban J connectivity index is 0.00000242. The molecule has 2 rings (SSSR count). The zero-order chi connectivity index (χ0) is 15.5. The first-order valence-corrected chi connectivity index (χ1v) is 7.14. The van der Waals surface area contributed by atoms with Gasteiger partial charge in [-0.15, -0.1) is 5.75 Å². The summed E-state index contributed by atoms with van der Waals surface area (Å²) in [4.78, 5) is 0. The van der Waals surface area contributed by atoms with Crippen LogP contribution in [0.3, 0.4) is 0 Å². The molecule has 0 aromatic heterocycles. The number of hydrogen-bond acceptors (Lipinski definition) is 5. The van der Waals surface area contributed by atoms with Crippen LogP contribution < -0.4 is 38.8 Å². The molecule has 0 aliphatic carbocycles. The first kappa shape index (κ1) is 18.5. The molecule has 2 N–H and O–H groups in total. The smallest absolute Gasteiger partial charge is 0.872 e. The average Bonchev–Trinajstić information content (AvgIpc) is 2.35. The van der Waals surface area contributed by atoms with Crippen molar-refractivity contribution in [1.82, 2.24) is 0 Å². The molecule has 0 aliphatic heterocycles. The Kier molecular flexibility index (Phi) is 6.46. The predicted molar refractivity (Wildman–Crippen MR) is 75.1 cm³/mol. The van der Waals surface area contributed by atoms with Gasteiger partial charge in [-0.1, -0.05) is 30.4 Å². The minimum atomic E-state index is -4.54. The molecular weight excluding hydrogens is 319 g/mol. The summed E-state index contributed by atoms with van der Waals surface area (Å²) in [6, 6.07) is 9.79. The van der Waals surface area contributed by atoms with Gasteiger partial charge in [-0.25, -0.2) is 0 Å². The summed E-state index contributed by atoms with van der Waals surface area (Å²) < 4.78 is 33.9. The molecule has 0 saturated heterocycles. The second-order valence-electron chi connectivity index (χ2n) is 4.17. The van der Waals surface area contributed by atoms with Gasteiger partial charge >= 0.3 is 40.0 Å². The molecule has 0 amide bonds. The molecule has 0 unspecified atom stereocenters. The SMILES string of the molecule is O=S(=O)(O)Oc1ccc(/C=C/c2cc([O-])cc(O)c2)cc1.[Na+]. The summed E-state index contributed by atoms with van der Waals surface area (Å²) in [6.07, 6.45) is 3.30. The molecule has 22 heavy (non-hydrogen) atoms. The van der Waals surface area contributed by atoms with Crippen LogP contribution in [0.4, 0.5) is 0 Å². The van der Waals surface area contributed by atoms with E-state index in [2.05, 4.69) is 4.18 Å². The largest absolute Gasteiger partial charge is 1.00 e. The summed E-state index contributed by atoms with van der Waals surface area (Å²) in [6.45, 7) is 0. The van der Waals surface area contributed by atoms with E-state index < -0.39 is 10.4 Å². The Morgan fingerprint density at radius 2 is 1.59 bits per heavy atom. The Morgan fingerprint density at radius 1 is 1.00 bits per heavy atom. The van der Waals surface area contributed by atoms with Crippen molar-refractivity contribution in [1.29, 1.82) is 0 Å². The monoisotopic (exact) mass is 330 g/mol. The standard InChI is InChI=1S/C14H12O6S.Na/c15-12-7-11(8-13(16)9-12)2-1-10-3-5-14(6-4-10)20-21(17,18)19;/h1-9,15-16H,(H,17,18,19);/q;+1/p-1/b2-1+;. The van der Waals surface area contributed by atoms with Gasteiger partial charge in [-0.2, -0.15) is 8.42 Å². The van der Waals surface area contributed by atoms with E-state index in [1.807, 2.05) is 0 Å². The zero-order valence-electron chi connectivity index (χ0n) is 11.6. The molecule has 0 fully saturated rings. The summed E-state index contributed by atoms with van der Waals surface area (Å²) in [7, 11) is -4.54. The van der Waals surface area contributed by atoms with Crippen molar-refractivity contribution in [2.75, 3.05) is 0 Å². The summed E-state index contributed by atoms with van der Waals surface area (Å²) in [5, 5.41) is 20.5. The van der Waals surface area contributed by atoms with Gasteiger partial charge in [-0.3, -0.25) is 4.55 Å². The van der Waals surface area contributed by atoms with E-state index in [9.17, 15) is 18.6 Å². The number of hydrogen-bond donors (Lipinski definition) is 2. The maximum atomic E-state index is 11.2. The second-order valence-corrected chi connectivity index (χ2v) is 5.20. The minimum absolute atomic E-state index is 0. The van der Waals surface area contributed by atoms with E-state index in [4.69, 9.17) is 4.55 Å². The molecule has 0 saturated carbocycles. The molecule has 6 nitrogen and oxygen atoms in total. The van der Waals surface area contributed by atoms with Crippen molar-refractivity contribution in [3.05, 3.63) is 53.6 Å². The van der Waals surface area contributed by atoms with Crippen LogP contribution >= 0.6 is 0 Å². The van der Waals surface area contributed by atoms with Crippen molar-refractivity contribution in [3.8, 4) is 17.2 Å². The number of phenolic OH excluding ortho intramolecular Hbond substituents is 1. The van der Waals surface area contributed by atoms with Gasteiger partial charge in [0.15, 0.2) is 0 Å². The van der Waals surface area contributed by atoms with Gasteiger partial charge in [0.25, 0.3) is 0 Å². The third kappa shape index (κ3) is 6.08. The normalized spacial score (nSPS) is 11.1. The van der Waals surface area contributed by atoms with Gasteiger partial charge in [0.05, 0.1) is 0 Å². The van der Waals surface area contributed by atoms with Crippen LogP contribution in [0.2, 0.25) is 0 Å². The summed E-state index contributed by atoms with van der Waals surface area (Å²) >= 11 is 0. The quantitative estimate of drug-likeness (QED) is 0.415. The first-order chi connectivity index (χ1) is 9.82. The van der Waals surface area contributed by atoms with E-state index in [1.165, 1.54) is 24.3 Å². The fourth-order valence-electron chi connectivity index (χ4n) is 1.65. The Morgan fingerprint density at radius 3 is 2.14 bits per heavy atom. The van der Waals surface area contributed by atoms with Gasteiger partial charge in [0.1, 0.15) is 11.5 Å². The molecule has 0 atom stereocenters. The van der Waals surface area contributed by atoms with Crippen molar-refractivity contribution in [3.63, 3.8) is 0 Å². The van der Waals surface area contributed by atoms with Crippen LogP contribution in [0.5, 0.6) is 17.2 Å². The minimum Gasteiger partial charge on any atom is -0.872 e. The second kappa shape index (κ2) is 7.66. The molecule has 2 aromatic carbocycles. The van der Waals surface area contributed by atoms with E-state index in [1.54, 1.807) is 24.3 Å². The fraction of sp³-hybridized carbons (Fsp3) is 0. The summed E-state index contributed by atoms with van der Waals surface area (Å²) in [5.74, 6) is -0.431. The van der Waals surface area contributed by atoms with Crippen LogP contribution in [0, 0.1) is 0 Å². The Hall–Kier alpha value is -1.51. The molecule has 0 aliphatic rings. The fourth-order valence-corrected chi connectivity index (χ4v) is 2.00. The Labute approximate surface area is 149 Å². The van der Waals surface area contributed by atoms with E-state index in [0.29, 0.717) is 11.1 Å². The summed E-state index contributed by atoms with van der Waals surface area (Å²) in [5.41, 5.74) is 1.26. The van der Waals surface area contributed by atoms with Crippen LogP contribution in [0.1, 0.15) is 11.1 Å². The van der Waals surface area contributed by atoms with E-state index in [0.717, 1.165) is 6.07 Å². The van der Waals surface area contributed by atoms with E-state index >= 15 is 0 Å². The van der Waals surface area contributed by atoms with Crippen LogP contribution in [-0.4, -0.2) is 18.1 Å². The average molecular weight is 330 g/mol. The molecule has 2 aromatic rings. The molecular formula is C14H11NaO6S. The van der Waals surface area contributed by atoms with Gasteiger partial charge in [0.2, 0.25) is 0 Å². The molecule has 8 heteroatoms. The van der Waals surface area contributed by atoms with E-state index in [-0.39, 0.29) is 46.8 Å². The molecule has 0 spiro atoms. The zero-order valence-corrected chi connectivity index (χ0v) is 14.4. The van der Waals surface area contributed by atoms with Crippen molar-refractivity contribution < 1.29 is 56.9 Å². The maximum Gasteiger partial charge on any atom is 1.00 e. The number of aromatic hydroxyl groups is 1. The molecule has 0 heterocycles. The topological polar surface area (TPSA) is 107 Å². The molecule has 0 bridgehead atoms. The first-order valence-electron chi connectivity index (χ1n) is 5.78. The predicted octanol–water partition coefficient (Wildman–Crippen LogP) is -1.18.